The zero-order chi connectivity index (χ0) is 18.5. The van der Waals surface area contributed by atoms with Gasteiger partial charge in [0.1, 0.15) is 0 Å². The first-order chi connectivity index (χ1) is 13.3. The molecule has 1 N–H and O–H groups in total. The predicted octanol–water partition coefficient (Wildman–Crippen LogP) is 2.89. The Morgan fingerprint density at radius 2 is 1.81 bits per heavy atom. The highest BCUT2D eigenvalue weighted by atomic mass is 16.2. The topological polar surface area (TPSA) is 53.4 Å². The van der Waals surface area contributed by atoms with E-state index in [2.05, 4.69) is 27.4 Å². The Kier molecular flexibility index (Phi) is 5.72. The first kappa shape index (κ1) is 18.0. The average molecular weight is 367 g/mol. The van der Waals surface area contributed by atoms with Gasteiger partial charge < -0.3 is 15.1 Å². The fourth-order valence-electron chi connectivity index (χ4n) is 4.30. The van der Waals surface area contributed by atoms with Gasteiger partial charge in [0.15, 0.2) is 0 Å². The van der Waals surface area contributed by atoms with Crippen molar-refractivity contribution in [2.75, 3.05) is 26.2 Å². The molecule has 0 saturated carbocycles. The second-order valence-corrected chi connectivity index (χ2v) is 7.60. The van der Waals surface area contributed by atoms with Crippen molar-refractivity contribution >= 4 is 6.03 Å². The number of carbonyl (C=O) groups excluding carboxylic acids is 1. The second kappa shape index (κ2) is 8.57. The summed E-state index contributed by atoms with van der Waals surface area (Å²) in [4.78, 5) is 17.5. The van der Waals surface area contributed by atoms with Crippen molar-refractivity contribution in [1.29, 1.82) is 0 Å². The maximum Gasteiger partial charge on any atom is 0.317 e. The third-order valence-electron chi connectivity index (χ3n) is 5.84. The summed E-state index contributed by atoms with van der Waals surface area (Å²) in [7, 11) is 0. The van der Waals surface area contributed by atoms with Gasteiger partial charge in [0.2, 0.25) is 0 Å². The van der Waals surface area contributed by atoms with Crippen LogP contribution in [0.5, 0.6) is 0 Å². The Morgan fingerprint density at radius 1 is 1.07 bits per heavy atom. The number of likely N-dealkylation sites (tertiary alicyclic amines) is 2. The van der Waals surface area contributed by atoms with Crippen LogP contribution in [0.1, 0.15) is 37.3 Å². The van der Waals surface area contributed by atoms with Gasteiger partial charge in [-0.05, 0) is 50.4 Å². The summed E-state index contributed by atoms with van der Waals surface area (Å²) in [6.45, 7) is 4.78. The van der Waals surface area contributed by atoms with E-state index < -0.39 is 0 Å². The van der Waals surface area contributed by atoms with Crippen molar-refractivity contribution < 1.29 is 4.79 Å². The fourth-order valence-corrected chi connectivity index (χ4v) is 4.30. The molecule has 1 atom stereocenters. The van der Waals surface area contributed by atoms with Crippen molar-refractivity contribution in [2.24, 2.45) is 0 Å². The zero-order valence-electron chi connectivity index (χ0n) is 15.8. The first-order valence-corrected chi connectivity index (χ1v) is 10.1. The molecule has 0 bridgehead atoms. The monoisotopic (exact) mass is 367 g/mol. The van der Waals surface area contributed by atoms with Crippen LogP contribution in [0.3, 0.4) is 0 Å². The molecule has 0 aliphatic carbocycles. The van der Waals surface area contributed by atoms with Crippen LogP contribution < -0.4 is 5.32 Å². The highest BCUT2D eigenvalue weighted by Crippen LogP contribution is 2.22. The van der Waals surface area contributed by atoms with E-state index in [1.165, 1.54) is 25.9 Å². The maximum atomic E-state index is 12.9. The molecule has 0 spiro atoms. The lowest BCUT2D eigenvalue weighted by Gasteiger charge is -2.37. The van der Waals surface area contributed by atoms with Crippen LogP contribution in [-0.2, 0) is 6.54 Å². The molecule has 0 radical (unpaired) electrons. The lowest BCUT2D eigenvalue weighted by Crippen LogP contribution is -2.50. The summed E-state index contributed by atoms with van der Waals surface area (Å²) in [5.74, 6) is 0. The Balaban J connectivity index is 1.37. The van der Waals surface area contributed by atoms with E-state index in [9.17, 15) is 4.79 Å². The quantitative estimate of drug-likeness (QED) is 0.884. The van der Waals surface area contributed by atoms with E-state index in [-0.39, 0.29) is 12.1 Å². The Bertz CT molecular complexity index is 703. The number of aromatic nitrogens is 2. The van der Waals surface area contributed by atoms with Gasteiger partial charge in [-0.25, -0.2) is 4.79 Å². The molecule has 2 aromatic rings. The van der Waals surface area contributed by atoms with Crippen LogP contribution in [0.15, 0.2) is 48.8 Å². The number of urea groups is 1. The molecule has 1 unspecified atom stereocenters. The number of benzene rings is 1. The molecule has 1 aromatic heterocycles. The summed E-state index contributed by atoms with van der Waals surface area (Å²) in [6.07, 6.45) is 8.53. The molecule has 6 heteroatoms. The molecule has 1 aromatic carbocycles. The number of carbonyl (C=O) groups is 1. The third kappa shape index (κ3) is 4.50. The van der Waals surface area contributed by atoms with Gasteiger partial charge in [-0.15, -0.1) is 0 Å². The van der Waals surface area contributed by atoms with Crippen LogP contribution in [0.4, 0.5) is 4.79 Å². The minimum absolute atomic E-state index is 0.0379. The van der Waals surface area contributed by atoms with E-state index in [1.54, 1.807) is 6.20 Å². The van der Waals surface area contributed by atoms with Crippen LogP contribution in [0.2, 0.25) is 0 Å². The molecule has 2 aliphatic rings. The summed E-state index contributed by atoms with van der Waals surface area (Å²) in [5.41, 5.74) is 1.10. The highest BCUT2D eigenvalue weighted by Gasteiger charge is 2.29. The number of nitrogens with one attached hydrogen (secondary N) is 1. The van der Waals surface area contributed by atoms with Gasteiger partial charge in [0, 0.05) is 31.5 Å². The van der Waals surface area contributed by atoms with Crippen LogP contribution in [0.25, 0.3) is 0 Å². The first-order valence-electron chi connectivity index (χ1n) is 10.1. The van der Waals surface area contributed by atoms with Crippen LogP contribution in [-0.4, -0.2) is 57.8 Å². The van der Waals surface area contributed by atoms with Gasteiger partial charge in [-0.2, -0.15) is 5.10 Å². The van der Waals surface area contributed by atoms with Crippen LogP contribution >= 0.6 is 0 Å². The fraction of sp³-hybridized carbons (Fsp3) is 0.524. The number of hydrogen-bond acceptors (Lipinski definition) is 3. The Labute approximate surface area is 161 Å². The largest absolute Gasteiger partial charge is 0.329 e. The normalized spacial score (nSPS) is 19.9. The summed E-state index contributed by atoms with van der Waals surface area (Å²) in [6, 6.07) is 12.7. The van der Waals surface area contributed by atoms with Gasteiger partial charge >= 0.3 is 6.03 Å². The predicted molar refractivity (Wildman–Crippen MR) is 105 cm³/mol. The molecule has 2 saturated heterocycles. The molecule has 2 aliphatic heterocycles. The summed E-state index contributed by atoms with van der Waals surface area (Å²) in [5, 5.41) is 7.54. The van der Waals surface area contributed by atoms with E-state index in [0.29, 0.717) is 12.6 Å². The average Bonchev–Trinajstić information content (AvgIpc) is 3.42. The smallest absolute Gasteiger partial charge is 0.317 e. The summed E-state index contributed by atoms with van der Waals surface area (Å²) >= 11 is 0. The SMILES string of the molecule is O=C(NC(Cn1cccn1)c1ccccc1)N1CCC(N2CCCC2)CC1. The number of piperidine rings is 1. The van der Waals surface area contributed by atoms with Crippen molar-refractivity contribution in [2.45, 2.75) is 44.3 Å². The lowest BCUT2D eigenvalue weighted by molar-refractivity contribution is 0.131. The highest BCUT2D eigenvalue weighted by molar-refractivity contribution is 5.74. The number of amides is 2. The molecule has 2 amide bonds. The van der Waals surface area contributed by atoms with Gasteiger partial charge in [-0.3, -0.25) is 4.68 Å². The number of nitrogens with zero attached hydrogens (tertiary/aromatic N) is 4. The maximum absolute atomic E-state index is 12.9. The van der Waals surface area contributed by atoms with Gasteiger partial charge in [0.25, 0.3) is 0 Å². The third-order valence-corrected chi connectivity index (χ3v) is 5.84. The molecule has 4 rings (SSSR count). The molecule has 3 heterocycles. The molecule has 6 nitrogen and oxygen atoms in total. The van der Waals surface area contributed by atoms with E-state index in [0.717, 1.165) is 31.5 Å². The van der Waals surface area contributed by atoms with Gasteiger partial charge in [-0.1, -0.05) is 30.3 Å². The van der Waals surface area contributed by atoms with E-state index >= 15 is 0 Å². The van der Waals surface area contributed by atoms with Crippen molar-refractivity contribution in [3.8, 4) is 0 Å². The van der Waals surface area contributed by atoms with Gasteiger partial charge in [0.05, 0.1) is 12.6 Å². The lowest BCUT2D eigenvalue weighted by atomic mass is 10.0. The van der Waals surface area contributed by atoms with Crippen molar-refractivity contribution in [3.05, 3.63) is 54.4 Å². The second-order valence-electron chi connectivity index (χ2n) is 7.60. The molecule has 2 fully saturated rings. The zero-order valence-corrected chi connectivity index (χ0v) is 15.8. The minimum Gasteiger partial charge on any atom is -0.329 e. The molecule has 144 valence electrons. The van der Waals surface area contributed by atoms with Crippen LogP contribution in [0, 0.1) is 0 Å². The molecular formula is C21H29N5O. The standard InChI is InChI=1S/C21H29N5O/c27-21(25-15-9-19(10-16-25)24-12-4-5-13-24)23-20(17-26-14-6-11-22-26)18-7-2-1-3-8-18/h1-3,6-8,11,14,19-20H,4-5,9-10,12-13,15-17H2,(H,23,27). The Hall–Kier alpha value is -2.34. The van der Waals surface area contributed by atoms with Crippen molar-refractivity contribution in [3.63, 3.8) is 0 Å². The van der Waals surface area contributed by atoms with E-state index in [4.69, 9.17) is 0 Å². The molecule has 27 heavy (non-hydrogen) atoms. The number of rotatable bonds is 5. The summed E-state index contributed by atoms with van der Waals surface area (Å²) < 4.78 is 1.87. The number of hydrogen-bond donors (Lipinski definition) is 1. The molecular weight excluding hydrogens is 338 g/mol. The Morgan fingerprint density at radius 3 is 2.48 bits per heavy atom. The van der Waals surface area contributed by atoms with Crippen molar-refractivity contribution in [1.82, 2.24) is 24.9 Å². The minimum atomic E-state index is -0.0881. The van der Waals surface area contributed by atoms with E-state index in [1.807, 2.05) is 40.0 Å².